The summed E-state index contributed by atoms with van der Waals surface area (Å²) in [5, 5.41) is 0.987. The zero-order valence-electron chi connectivity index (χ0n) is 19.4. The number of esters is 1. The van der Waals surface area contributed by atoms with Crippen LogP contribution in [-0.4, -0.2) is 49.7 Å². The quantitative estimate of drug-likeness (QED) is 0.117. The number of nitrogens with two attached hydrogens (primary N) is 4. The van der Waals surface area contributed by atoms with Gasteiger partial charge < -0.3 is 37.4 Å². The van der Waals surface area contributed by atoms with E-state index in [1.807, 2.05) is 18.2 Å². The van der Waals surface area contributed by atoms with Gasteiger partial charge in [0.2, 0.25) is 0 Å². The molecule has 0 aliphatic rings. The molecule has 1 aromatic heterocycles. The number of unbranched alkanes of at least 4 members (excludes halogenated alkanes) is 5. The molecule has 10 heteroatoms. The third-order valence-electron chi connectivity index (χ3n) is 5.28. The van der Waals surface area contributed by atoms with Gasteiger partial charge in [-0.15, -0.1) is 0 Å². The van der Waals surface area contributed by atoms with E-state index in [4.69, 9.17) is 32.4 Å². The van der Waals surface area contributed by atoms with E-state index in [9.17, 15) is 4.79 Å². The van der Waals surface area contributed by atoms with Crippen molar-refractivity contribution >= 4 is 28.8 Å². The highest BCUT2D eigenvalue weighted by Crippen LogP contribution is 2.31. The lowest BCUT2D eigenvalue weighted by atomic mass is 10.0. The zero-order valence-corrected chi connectivity index (χ0v) is 19.4. The van der Waals surface area contributed by atoms with Crippen molar-refractivity contribution in [1.29, 1.82) is 0 Å². The molecular weight excluding hydrogens is 422 g/mol. The summed E-state index contributed by atoms with van der Waals surface area (Å²) >= 11 is 0. The van der Waals surface area contributed by atoms with Crippen molar-refractivity contribution in [2.45, 2.75) is 51.4 Å². The zero-order chi connectivity index (χ0) is 24.1. The Morgan fingerprint density at radius 1 is 0.909 bits per heavy atom. The highest BCUT2D eigenvalue weighted by atomic mass is 16.5. The molecule has 2 aromatic rings. The molecule has 0 saturated carbocycles. The third-order valence-corrected chi connectivity index (χ3v) is 5.28. The molecule has 0 fully saturated rings. The SMILES string of the molecule is COC(=O)c1[nH]c2c(OCCCCCN=C(N)N)cccc2c1CCCCCCN=C(N)N. The first kappa shape index (κ1) is 25.8. The van der Waals surface area contributed by atoms with Gasteiger partial charge in [0.1, 0.15) is 11.4 Å². The maximum Gasteiger partial charge on any atom is 0.354 e. The topological polar surface area (TPSA) is 180 Å². The van der Waals surface area contributed by atoms with E-state index < -0.39 is 0 Å². The van der Waals surface area contributed by atoms with Crippen molar-refractivity contribution in [3.8, 4) is 5.75 Å². The van der Waals surface area contributed by atoms with Crippen LogP contribution in [0.3, 0.4) is 0 Å². The first-order chi connectivity index (χ1) is 15.9. The van der Waals surface area contributed by atoms with Gasteiger partial charge in [0.05, 0.1) is 19.2 Å². The van der Waals surface area contributed by atoms with Gasteiger partial charge in [0.15, 0.2) is 11.9 Å². The highest BCUT2D eigenvalue weighted by molar-refractivity contribution is 6.00. The van der Waals surface area contributed by atoms with Crippen LogP contribution < -0.4 is 27.7 Å². The minimum absolute atomic E-state index is 0.118. The normalized spacial score (nSPS) is 10.7. The van der Waals surface area contributed by atoms with Gasteiger partial charge in [0, 0.05) is 18.5 Å². The Morgan fingerprint density at radius 2 is 1.55 bits per heavy atom. The molecule has 0 radical (unpaired) electrons. The van der Waals surface area contributed by atoms with E-state index in [-0.39, 0.29) is 17.9 Å². The van der Waals surface area contributed by atoms with Crippen LogP contribution >= 0.6 is 0 Å². The van der Waals surface area contributed by atoms with Crippen LogP contribution in [0.15, 0.2) is 28.2 Å². The Bertz CT molecular complexity index is 945. The van der Waals surface area contributed by atoms with Crippen molar-refractivity contribution in [2.75, 3.05) is 26.8 Å². The summed E-state index contributed by atoms with van der Waals surface area (Å²) in [4.78, 5) is 23.6. The fourth-order valence-electron chi connectivity index (χ4n) is 3.66. The Hall–Kier alpha value is -3.43. The number of nitrogens with zero attached hydrogens (tertiary/aromatic N) is 2. The Balaban J connectivity index is 1.99. The van der Waals surface area contributed by atoms with E-state index in [2.05, 4.69) is 15.0 Å². The Morgan fingerprint density at radius 3 is 2.18 bits per heavy atom. The van der Waals surface area contributed by atoms with E-state index >= 15 is 0 Å². The van der Waals surface area contributed by atoms with Crippen LogP contribution in [0.5, 0.6) is 5.75 Å². The number of aryl methyl sites for hydroxylation is 1. The molecular formula is C23H37N7O3. The fourth-order valence-corrected chi connectivity index (χ4v) is 3.66. The molecule has 182 valence electrons. The van der Waals surface area contributed by atoms with Gasteiger partial charge in [0.25, 0.3) is 0 Å². The number of benzene rings is 1. The Labute approximate surface area is 194 Å². The third kappa shape index (κ3) is 8.55. The van der Waals surface area contributed by atoms with E-state index in [0.29, 0.717) is 25.4 Å². The summed E-state index contributed by atoms with van der Waals surface area (Å²) in [7, 11) is 1.39. The minimum Gasteiger partial charge on any atom is -0.491 e. The van der Waals surface area contributed by atoms with Crippen molar-refractivity contribution in [2.24, 2.45) is 32.9 Å². The second-order valence-electron chi connectivity index (χ2n) is 7.84. The first-order valence-electron chi connectivity index (χ1n) is 11.4. The second-order valence-corrected chi connectivity index (χ2v) is 7.84. The van der Waals surface area contributed by atoms with Gasteiger partial charge in [-0.3, -0.25) is 9.98 Å². The number of aromatic amines is 1. The molecule has 0 atom stereocenters. The number of hydrogen-bond acceptors (Lipinski definition) is 5. The number of methoxy groups -OCH3 is 1. The molecule has 33 heavy (non-hydrogen) atoms. The number of H-pyrrole nitrogens is 1. The number of rotatable bonds is 15. The van der Waals surface area contributed by atoms with Gasteiger partial charge in [-0.05, 0) is 50.2 Å². The number of guanidine groups is 2. The summed E-state index contributed by atoms with van der Waals surface area (Å²) in [6, 6.07) is 5.87. The van der Waals surface area contributed by atoms with Crippen LogP contribution in [0, 0.1) is 0 Å². The molecule has 10 nitrogen and oxygen atoms in total. The lowest BCUT2D eigenvalue weighted by Gasteiger charge is -2.07. The van der Waals surface area contributed by atoms with Gasteiger partial charge in [-0.25, -0.2) is 4.79 Å². The number of fused-ring (bicyclic) bond motifs is 1. The molecule has 0 aliphatic carbocycles. The Kier molecular flexibility index (Phi) is 10.9. The molecule has 0 bridgehead atoms. The molecule has 0 unspecified atom stereocenters. The van der Waals surface area contributed by atoms with Crippen LogP contribution in [0.4, 0.5) is 0 Å². The lowest BCUT2D eigenvalue weighted by Crippen LogP contribution is -2.22. The minimum atomic E-state index is -0.375. The maximum atomic E-state index is 12.4. The fraction of sp³-hybridized carbons (Fsp3) is 0.522. The summed E-state index contributed by atoms with van der Waals surface area (Å²) < 4.78 is 11.0. The molecule has 9 N–H and O–H groups in total. The summed E-state index contributed by atoms with van der Waals surface area (Å²) in [5.41, 5.74) is 23.6. The number of hydrogen-bond donors (Lipinski definition) is 5. The highest BCUT2D eigenvalue weighted by Gasteiger charge is 2.20. The molecule has 0 saturated heterocycles. The number of aromatic nitrogens is 1. The lowest BCUT2D eigenvalue weighted by molar-refractivity contribution is 0.0594. The average molecular weight is 460 g/mol. The largest absolute Gasteiger partial charge is 0.491 e. The number of para-hydroxylation sites is 1. The number of aliphatic imine (C=N–C) groups is 2. The summed E-state index contributed by atoms with van der Waals surface area (Å²) in [5.74, 6) is 0.596. The van der Waals surface area contributed by atoms with Crippen LogP contribution in [0.1, 0.15) is 61.0 Å². The monoisotopic (exact) mass is 459 g/mol. The molecule has 2 rings (SSSR count). The van der Waals surface area contributed by atoms with E-state index in [0.717, 1.165) is 73.6 Å². The number of carbonyl (C=O) groups is 1. The van der Waals surface area contributed by atoms with Crippen LogP contribution in [-0.2, 0) is 11.2 Å². The van der Waals surface area contributed by atoms with Crippen molar-refractivity contribution in [3.05, 3.63) is 29.5 Å². The van der Waals surface area contributed by atoms with E-state index in [1.54, 1.807) is 0 Å². The molecule has 0 amide bonds. The standard InChI is InChI=1S/C23H37N7O3/c1-32-21(31)20-17(10-5-2-3-6-13-28-22(24)25)16-11-9-12-18(19(16)30-20)33-15-8-4-7-14-29-23(26)27/h9,11-12,30H,2-8,10,13-15H2,1H3,(H4,24,25,28)(H4,26,27,29). The molecule has 1 aromatic carbocycles. The van der Waals surface area contributed by atoms with Gasteiger partial charge >= 0.3 is 5.97 Å². The van der Waals surface area contributed by atoms with E-state index in [1.165, 1.54) is 7.11 Å². The van der Waals surface area contributed by atoms with Gasteiger partial charge in [-0.1, -0.05) is 25.0 Å². The smallest absolute Gasteiger partial charge is 0.354 e. The summed E-state index contributed by atoms with van der Waals surface area (Å²) in [6.07, 6.45) is 7.41. The number of nitrogens with one attached hydrogen (secondary N) is 1. The number of carbonyl (C=O) groups excluding carboxylic acids is 1. The van der Waals surface area contributed by atoms with Crippen molar-refractivity contribution in [1.82, 2.24) is 4.98 Å². The summed E-state index contributed by atoms with van der Waals surface area (Å²) in [6.45, 7) is 1.82. The maximum absolute atomic E-state index is 12.4. The van der Waals surface area contributed by atoms with Crippen molar-refractivity contribution < 1.29 is 14.3 Å². The van der Waals surface area contributed by atoms with Crippen LogP contribution in [0.25, 0.3) is 10.9 Å². The second kappa shape index (κ2) is 13.9. The predicted molar refractivity (Wildman–Crippen MR) is 133 cm³/mol. The predicted octanol–water partition coefficient (Wildman–Crippen LogP) is 2.15. The molecule has 0 aliphatic heterocycles. The number of ether oxygens (including phenoxy) is 2. The van der Waals surface area contributed by atoms with Crippen molar-refractivity contribution in [3.63, 3.8) is 0 Å². The van der Waals surface area contributed by atoms with Crippen LogP contribution in [0.2, 0.25) is 0 Å². The molecule has 0 spiro atoms. The first-order valence-corrected chi connectivity index (χ1v) is 11.4. The average Bonchev–Trinajstić information content (AvgIpc) is 3.16. The van der Waals surface area contributed by atoms with Gasteiger partial charge in [-0.2, -0.15) is 0 Å². The molecule has 1 heterocycles.